The fraction of sp³-hybridized carbons (Fsp3) is 0.583. The summed E-state index contributed by atoms with van der Waals surface area (Å²) in [6.45, 7) is 3.38. The Kier molecular flexibility index (Phi) is 3.96. The van der Waals surface area contributed by atoms with Crippen LogP contribution in [0, 0.1) is 5.92 Å². The molecule has 2 rings (SSSR count). The van der Waals surface area contributed by atoms with Crippen LogP contribution in [0.2, 0.25) is 0 Å². The molecule has 6 nitrogen and oxygen atoms in total. The molecule has 1 fully saturated rings. The van der Waals surface area contributed by atoms with Crippen LogP contribution in [0.5, 0.6) is 0 Å². The summed E-state index contributed by atoms with van der Waals surface area (Å²) in [7, 11) is 0. The summed E-state index contributed by atoms with van der Waals surface area (Å²) in [5.41, 5.74) is 0.490. The molecule has 1 aromatic rings. The predicted octanol–water partition coefficient (Wildman–Crippen LogP) is 0.825. The van der Waals surface area contributed by atoms with Crippen molar-refractivity contribution in [1.29, 1.82) is 0 Å². The minimum Gasteiger partial charge on any atom is -0.466 e. The van der Waals surface area contributed by atoms with Crippen LogP contribution in [-0.4, -0.2) is 46.7 Å². The average molecular weight is 251 g/mol. The topological polar surface area (TPSA) is 75.3 Å². The van der Waals surface area contributed by atoms with Gasteiger partial charge in [0.25, 0.3) is 5.91 Å². The van der Waals surface area contributed by atoms with Crippen LogP contribution in [0.15, 0.2) is 12.3 Å². The van der Waals surface area contributed by atoms with E-state index in [1.165, 1.54) is 0 Å². The van der Waals surface area contributed by atoms with E-state index in [9.17, 15) is 9.59 Å². The van der Waals surface area contributed by atoms with E-state index in [0.717, 1.165) is 0 Å². The van der Waals surface area contributed by atoms with Crippen molar-refractivity contribution in [3.05, 3.63) is 18.0 Å². The number of H-pyrrole nitrogens is 1. The summed E-state index contributed by atoms with van der Waals surface area (Å²) < 4.78 is 4.99. The Labute approximate surface area is 105 Å². The Hall–Kier alpha value is -1.85. The van der Waals surface area contributed by atoms with Crippen molar-refractivity contribution in [2.75, 3.05) is 19.7 Å². The van der Waals surface area contributed by atoms with Crippen LogP contribution in [0.3, 0.4) is 0 Å². The molecule has 0 radical (unpaired) electrons. The van der Waals surface area contributed by atoms with Gasteiger partial charge in [-0.25, -0.2) is 0 Å². The number of nitrogens with one attached hydrogen (secondary N) is 1. The number of piperidine rings is 1. The molecule has 0 aliphatic carbocycles. The normalized spacial score (nSPS) is 16.6. The Morgan fingerprint density at radius 1 is 1.50 bits per heavy atom. The molecule has 0 unspecified atom stereocenters. The van der Waals surface area contributed by atoms with Crippen LogP contribution in [0.1, 0.15) is 30.3 Å². The van der Waals surface area contributed by atoms with Gasteiger partial charge in [0, 0.05) is 19.3 Å². The number of aromatic nitrogens is 2. The molecule has 1 aliphatic rings. The van der Waals surface area contributed by atoms with Gasteiger partial charge in [-0.05, 0) is 25.8 Å². The van der Waals surface area contributed by atoms with E-state index in [2.05, 4.69) is 10.2 Å². The Balaban J connectivity index is 1.87. The summed E-state index contributed by atoms with van der Waals surface area (Å²) in [6.07, 6.45) is 2.88. The maximum absolute atomic E-state index is 12.0. The first kappa shape index (κ1) is 12.6. The predicted molar refractivity (Wildman–Crippen MR) is 63.8 cm³/mol. The maximum Gasteiger partial charge on any atom is 0.309 e. The van der Waals surface area contributed by atoms with Crippen molar-refractivity contribution in [2.24, 2.45) is 5.92 Å². The molecule has 0 atom stereocenters. The molecule has 1 N–H and O–H groups in total. The van der Waals surface area contributed by atoms with Gasteiger partial charge < -0.3 is 9.64 Å². The summed E-state index contributed by atoms with van der Waals surface area (Å²) in [5, 5.41) is 6.41. The maximum atomic E-state index is 12.0. The van der Waals surface area contributed by atoms with Crippen LogP contribution >= 0.6 is 0 Å². The standard InChI is InChI=1S/C12H17N3O3/c1-2-18-12(17)9-4-7-15(8-5-9)11(16)10-3-6-13-14-10/h3,6,9H,2,4-5,7-8H2,1H3,(H,13,14). The van der Waals surface area contributed by atoms with Crippen molar-refractivity contribution in [3.8, 4) is 0 Å². The van der Waals surface area contributed by atoms with Crippen LogP contribution in [0.4, 0.5) is 0 Å². The van der Waals surface area contributed by atoms with Crippen LogP contribution in [-0.2, 0) is 9.53 Å². The number of rotatable bonds is 3. The molecule has 0 bridgehead atoms. The third-order valence-corrected chi connectivity index (χ3v) is 3.13. The van der Waals surface area contributed by atoms with E-state index in [1.54, 1.807) is 24.1 Å². The minimum atomic E-state index is -0.147. The van der Waals surface area contributed by atoms with E-state index in [-0.39, 0.29) is 17.8 Å². The zero-order valence-corrected chi connectivity index (χ0v) is 10.4. The fourth-order valence-electron chi connectivity index (χ4n) is 2.12. The number of hydrogen-bond acceptors (Lipinski definition) is 4. The van der Waals surface area contributed by atoms with Crippen molar-refractivity contribution in [2.45, 2.75) is 19.8 Å². The second-order valence-electron chi connectivity index (χ2n) is 4.29. The Morgan fingerprint density at radius 3 is 2.78 bits per heavy atom. The number of amides is 1. The average Bonchev–Trinajstić information content (AvgIpc) is 2.92. The number of esters is 1. The highest BCUT2D eigenvalue weighted by Gasteiger charge is 2.28. The third kappa shape index (κ3) is 2.69. The summed E-state index contributed by atoms with van der Waals surface area (Å²) in [5.74, 6) is -0.281. The zero-order chi connectivity index (χ0) is 13.0. The van der Waals surface area contributed by atoms with E-state index >= 15 is 0 Å². The van der Waals surface area contributed by atoms with Crippen molar-refractivity contribution in [1.82, 2.24) is 15.1 Å². The highest BCUT2D eigenvalue weighted by atomic mass is 16.5. The molecule has 1 saturated heterocycles. The summed E-state index contributed by atoms with van der Waals surface area (Å²) >= 11 is 0. The van der Waals surface area contributed by atoms with Gasteiger partial charge in [0.05, 0.1) is 12.5 Å². The van der Waals surface area contributed by atoms with Gasteiger partial charge in [-0.1, -0.05) is 0 Å². The largest absolute Gasteiger partial charge is 0.466 e. The van der Waals surface area contributed by atoms with Crippen molar-refractivity contribution < 1.29 is 14.3 Å². The third-order valence-electron chi connectivity index (χ3n) is 3.13. The first-order chi connectivity index (χ1) is 8.72. The second-order valence-corrected chi connectivity index (χ2v) is 4.29. The SMILES string of the molecule is CCOC(=O)C1CCN(C(=O)c2ccn[nH]2)CC1. The van der Waals surface area contributed by atoms with Gasteiger partial charge in [0.15, 0.2) is 0 Å². The molecular weight excluding hydrogens is 234 g/mol. The van der Waals surface area contributed by atoms with Gasteiger partial charge in [0.2, 0.25) is 0 Å². The molecule has 0 spiro atoms. The molecule has 0 aromatic carbocycles. The van der Waals surface area contributed by atoms with Crippen LogP contribution in [0.25, 0.3) is 0 Å². The van der Waals surface area contributed by atoms with Gasteiger partial charge in [-0.2, -0.15) is 5.10 Å². The quantitative estimate of drug-likeness (QED) is 0.807. The number of hydrogen-bond donors (Lipinski definition) is 1. The van der Waals surface area contributed by atoms with E-state index < -0.39 is 0 Å². The van der Waals surface area contributed by atoms with Crippen molar-refractivity contribution >= 4 is 11.9 Å². The van der Waals surface area contributed by atoms with Crippen molar-refractivity contribution in [3.63, 3.8) is 0 Å². The molecule has 6 heteroatoms. The monoisotopic (exact) mass is 251 g/mol. The summed E-state index contributed by atoms with van der Waals surface area (Å²) in [4.78, 5) is 25.3. The smallest absolute Gasteiger partial charge is 0.309 e. The summed E-state index contributed by atoms with van der Waals surface area (Å²) in [6, 6.07) is 1.65. The molecule has 2 heterocycles. The lowest BCUT2D eigenvalue weighted by molar-refractivity contribution is -0.149. The van der Waals surface area contributed by atoms with Gasteiger partial charge in [-0.15, -0.1) is 0 Å². The highest BCUT2D eigenvalue weighted by molar-refractivity contribution is 5.92. The molecule has 1 aromatic heterocycles. The number of nitrogens with zero attached hydrogens (tertiary/aromatic N) is 2. The van der Waals surface area contributed by atoms with E-state index in [1.807, 2.05) is 0 Å². The fourth-order valence-corrected chi connectivity index (χ4v) is 2.12. The van der Waals surface area contributed by atoms with Gasteiger partial charge in [0.1, 0.15) is 5.69 Å². The Morgan fingerprint density at radius 2 is 2.22 bits per heavy atom. The van der Waals surface area contributed by atoms with Gasteiger partial charge >= 0.3 is 5.97 Å². The van der Waals surface area contributed by atoms with Gasteiger partial charge in [-0.3, -0.25) is 14.7 Å². The lowest BCUT2D eigenvalue weighted by Crippen LogP contribution is -2.40. The second kappa shape index (κ2) is 5.66. The van der Waals surface area contributed by atoms with E-state index in [0.29, 0.717) is 38.2 Å². The number of aromatic amines is 1. The zero-order valence-electron chi connectivity index (χ0n) is 10.4. The lowest BCUT2D eigenvalue weighted by Gasteiger charge is -2.30. The number of carbonyl (C=O) groups is 2. The molecule has 1 aliphatic heterocycles. The lowest BCUT2D eigenvalue weighted by atomic mass is 9.97. The Bertz CT molecular complexity index is 408. The first-order valence-corrected chi connectivity index (χ1v) is 6.17. The van der Waals surface area contributed by atoms with Crippen LogP contribution < -0.4 is 0 Å². The minimum absolute atomic E-state index is 0.0604. The van der Waals surface area contributed by atoms with E-state index in [4.69, 9.17) is 4.74 Å². The molecule has 18 heavy (non-hydrogen) atoms. The highest BCUT2D eigenvalue weighted by Crippen LogP contribution is 2.19. The number of ether oxygens (including phenoxy) is 1. The molecule has 98 valence electrons. The molecular formula is C12H17N3O3. The molecule has 1 amide bonds. The number of carbonyl (C=O) groups excluding carboxylic acids is 2. The first-order valence-electron chi connectivity index (χ1n) is 6.17. The number of likely N-dealkylation sites (tertiary alicyclic amines) is 1. The molecule has 0 saturated carbocycles.